The zero-order valence-electron chi connectivity index (χ0n) is 13.0. The highest BCUT2D eigenvalue weighted by Crippen LogP contribution is 2.31. The molecule has 0 saturated carbocycles. The minimum atomic E-state index is 0.345. The van der Waals surface area contributed by atoms with Gasteiger partial charge in [-0.25, -0.2) is 0 Å². The van der Waals surface area contributed by atoms with E-state index >= 15 is 0 Å². The van der Waals surface area contributed by atoms with E-state index in [-0.39, 0.29) is 0 Å². The van der Waals surface area contributed by atoms with E-state index in [0.717, 1.165) is 21.2 Å². The number of halogens is 4. The first-order valence-corrected chi connectivity index (χ1v) is 8.49. The van der Waals surface area contributed by atoms with Crippen LogP contribution in [0.3, 0.4) is 0 Å². The van der Waals surface area contributed by atoms with Crippen molar-refractivity contribution in [1.29, 1.82) is 0 Å². The molecule has 0 radical (unpaired) electrons. The van der Waals surface area contributed by atoms with Crippen LogP contribution in [0.15, 0.2) is 30.6 Å². The van der Waals surface area contributed by atoms with Gasteiger partial charge in [-0.15, -0.1) is 0 Å². The smallest absolute Gasteiger partial charge is 0.0638 e. The molecule has 0 aliphatic rings. The first-order chi connectivity index (χ1) is 10.3. The number of pyridine rings is 1. The van der Waals surface area contributed by atoms with Crippen LogP contribution in [-0.2, 0) is 0 Å². The minimum Gasteiger partial charge on any atom is -0.262 e. The maximum Gasteiger partial charge on any atom is 0.0638 e. The lowest BCUT2D eigenvalue weighted by molar-refractivity contribution is 0.863. The van der Waals surface area contributed by atoms with E-state index in [4.69, 9.17) is 46.4 Å². The van der Waals surface area contributed by atoms with Gasteiger partial charge in [0.05, 0.1) is 10.0 Å². The van der Waals surface area contributed by atoms with Crippen molar-refractivity contribution in [2.75, 3.05) is 0 Å². The molecule has 0 aliphatic carbocycles. The summed E-state index contributed by atoms with van der Waals surface area (Å²) < 4.78 is 0. The van der Waals surface area contributed by atoms with Gasteiger partial charge in [0.25, 0.3) is 0 Å². The van der Waals surface area contributed by atoms with Crippen molar-refractivity contribution in [3.63, 3.8) is 0 Å². The molecule has 0 fully saturated rings. The molecule has 0 unspecified atom stereocenters. The normalized spacial score (nSPS) is 10.6. The summed E-state index contributed by atoms with van der Waals surface area (Å²) in [7, 11) is 0. The van der Waals surface area contributed by atoms with Crippen molar-refractivity contribution in [3.8, 4) is 0 Å². The average Bonchev–Trinajstić information content (AvgIpc) is 2.38. The number of hydrogen-bond donors (Lipinski definition) is 0. The van der Waals surface area contributed by atoms with E-state index < -0.39 is 0 Å². The average molecular weight is 379 g/mol. The Morgan fingerprint density at radius 2 is 1.05 bits per heavy atom. The summed E-state index contributed by atoms with van der Waals surface area (Å²) in [5.74, 6) is 0.731. The quantitative estimate of drug-likeness (QED) is 0.523. The molecule has 22 heavy (non-hydrogen) atoms. The Hall–Kier alpha value is -0.470. The van der Waals surface area contributed by atoms with E-state index in [9.17, 15) is 0 Å². The van der Waals surface area contributed by atoms with Crippen molar-refractivity contribution >= 4 is 46.4 Å². The Kier molecular flexibility index (Phi) is 7.99. The van der Waals surface area contributed by atoms with E-state index in [1.807, 2.05) is 32.0 Å². The van der Waals surface area contributed by atoms with Gasteiger partial charge in [-0.1, -0.05) is 80.2 Å². The van der Waals surface area contributed by atoms with Crippen LogP contribution in [0.5, 0.6) is 0 Å². The van der Waals surface area contributed by atoms with Crippen molar-refractivity contribution < 1.29 is 0 Å². The second-order valence-corrected chi connectivity index (χ2v) is 7.09. The van der Waals surface area contributed by atoms with Gasteiger partial charge in [0.2, 0.25) is 0 Å². The maximum absolute atomic E-state index is 5.94. The summed E-state index contributed by atoms with van der Waals surface area (Å²) in [6.45, 7) is 8.25. The van der Waals surface area contributed by atoms with Crippen LogP contribution in [0.2, 0.25) is 20.1 Å². The van der Waals surface area contributed by atoms with Crippen LogP contribution in [0.4, 0.5) is 0 Å². The summed E-state index contributed by atoms with van der Waals surface area (Å²) in [5.41, 5.74) is 2.01. The van der Waals surface area contributed by atoms with Gasteiger partial charge in [-0.05, 0) is 35.1 Å². The standard InChI is InChI=1S/C9H10Cl2.C8H9Cl2N/c1-6(2)9-7(10)4-3-5-8(9)11;1-5(2)8-6(9)3-11-4-7(8)10/h3-6H,1-2H3;3-5H,1-2H3. The third kappa shape index (κ3) is 5.31. The Morgan fingerprint density at radius 3 is 1.32 bits per heavy atom. The van der Waals surface area contributed by atoms with Crippen molar-refractivity contribution in [2.45, 2.75) is 39.5 Å². The van der Waals surface area contributed by atoms with Gasteiger partial charge in [-0.3, -0.25) is 4.98 Å². The molecule has 0 amide bonds. The highest BCUT2D eigenvalue weighted by molar-refractivity contribution is 6.36. The molecule has 1 aromatic carbocycles. The zero-order valence-corrected chi connectivity index (χ0v) is 16.0. The van der Waals surface area contributed by atoms with Gasteiger partial charge in [0.15, 0.2) is 0 Å². The molecule has 1 aromatic heterocycles. The largest absolute Gasteiger partial charge is 0.262 e. The number of hydrogen-bond acceptors (Lipinski definition) is 1. The first kappa shape index (κ1) is 19.6. The van der Waals surface area contributed by atoms with Gasteiger partial charge in [0.1, 0.15) is 0 Å². The molecule has 120 valence electrons. The van der Waals surface area contributed by atoms with Crippen LogP contribution < -0.4 is 0 Å². The lowest BCUT2D eigenvalue weighted by atomic mass is 10.0. The van der Waals surface area contributed by atoms with Gasteiger partial charge < -0.3 is 0 Å². The first-order valence-electron chi connectivity index (χ1n) is 6.98. The van der Waals surface area contributed by atoms with Gasteiger partial charge >= 0.3 is 0 Å². The monoisotopic (exact) mass is 377 g/mol. The number of nitrogens with zero attached hydrogens (tertiary/aromatic N) is 1. The molecule has 5 heteroatoms. The molecule has 2 aromatic rings. The van der Waals surface area contributed by atoms with E-state index in [0.29, 0.717) is 21.9 Å². The summed E-state index contributed by atoms with van der Waals surface area (Å²) >= 11 is 23.6. The SMILES string of the molecule is CC(C)c1c(Cl)cccc1Cl.CC(C)c1c(Cl)cncc1Cl. The van der Waals surface area contributed by atoms with E-state index in [1.54, 1.807) is 12.4 Å². The number of rotatable bonds is 2. The predicted molar refractivity (Wildman–Crippen MR) is 98.9 cm³/mol. The van der Waals surface area contributed by atoms with Gasteiger partial charge in [0, 0.05) is 22.4 Å². The fourth-order valence-electron chi connectivity index (χ4n) is 2.04. The fraction of sp³-hybridized carbons (Fsp3) is 0.353. The van der Waals surface area contributed by atoms with Crippen LogP contribution in [0.1, 0.15) is 50.7 Å². The summed E-state index contributed by atoms with van der Waals surface area (Å²) in [6, 6.07) is 5.59. The molecule has 0 saturated heterocycles. The Balaban J connectivity index is 0.000000220. The van der Waals surface area contributed by atoms with E-state index in [1.165, 1.54) is 0 Å². The summed E-state index contributed by atoms with van der Waals surface area (Å²) in [6.07, 6.45) is 3.23. The highest BCUT2D eigenvalue weighted by Gasteiger charge is 2.09. The molecule has 0 atom stereocenters. The molecule has 0 spiro atoms. The lowest BCUT2D eigenvalue weighted by Gasteiger charge is -2.09. The topological polar surface area (TPSA) is 12.9 Å². The van der Waals surface area contributed by atoms with E-state index in [2.05, 4.69) is 18.8 Å². The number of benzene rings is 1. The van der Waals surface area contributed by atoms with Crippen LogP contribution in [0, 0.1) is 0 Å². The maximum atomic E-state index is 5.94. The Morgan fingerprint density at radius 1 is 0.682 bits per heavy atom. The second-order valence-electron chi connectivity index (χ2n) is 5.46. The van der Waals surface area contributed by atoms with Crippen molar-refractivity contribution in [2.24, 2.45) is 0 Å². The van der Waals surface area contributed by atoms with Crippen molar-refractivity contribution in [3.05, 3.63) is 61.8 Å². The zero-order chi connectivity index (χ0) is 16.9. The molecular formula is C17H19Cl4N. The molecule has 0 N–H and O–H groups in total. The minimum absolute atomic E-state index is 0.345. The molecule has 1 nitrogen and oxygen atoms in total. The predicted octanol–water partition coefficient (Wildman–Crippen LogP) is 7.63. The van der Waals surface area contributed by atoms with Crippen LogP contribution in [-0.4, -0.2) is 4.98 Å². The molecule has 0 aliphatic heterocycles. The van der Waals surface area contributed by atoms with Crippen LogP contribution in [0.25, 0.3) is 0 Å². The van der Waals surface area contributed by atoms with Gasteiger partial charge in [-0.2, -0.15) is 0 Å². The summed E-state index contributed by atoms with van der Waals surface area (Å²) in [5, 5.41) is 2.81. The Labute approximate surface area is 152 Å². The van der Waals surface area contributed by atoms with Crippen molar-refractivity contribution in [1.82, 2.24) is 4.98 Å². The highest BCUT2D eigenvalue weighted by atomic mass is 35.5. The summed E-state index contributed by atoms with van der Waals surface area (Å²) in [4.78, 5) is 3.86. The molecule has 0 bridgehead atoms. The lowest BCUT2D eigenvalue weighted by Crippen LogP contribution is -1.91. The molecule has 1 heterocycles. The third-order valence-corrected chi connectivity index (χ3v) is 4.31. The Bertz CT molecular complexity index is 528. The molecular weight excluding hydrogens is 360 g/mol. The van der Waals surface area contributed by atoms with Crippen LogP contribution >= 0.6 is 46.4 Å². The second kappa shape index (κ2) is 8.98. The third-order valence-electron chi connectivity index (χ3n) is 3.04. The number of aromatic nitrogens is 1. The fourth-order valence-corrected chi connectivity index (χ4v) is 3.67. The molecule has 2 rings (SSSR count).